The third kappa shape index (κ3) is 8.85. The zero-order valence-corrected chi connectivity index (χ0v) is 25.1. The predicted octanol–water partition coefficient (Wildman–Crippen LogP) is 6.75. The summed E-state index contributed by atoms with van der Waals surface area (Å²) in [6.07, 6.45) is 1.95. The summed E-state index contributed by atoms with van der Waals surface area (Å²) >= 11 is 12.9. The number of hydrazone groups is 1. The highest BCUT2D eigenvalue weighted by Gasteiger charge is 2.22. The van der Waals surface area contributed by atoms with E-state index in [2.05, 4.69) is 47.7 Å². The molecule has 1 atom stereocenters. The molecule has 2 amide bonds. The van der Waals surface area contributed by atoms with Gasteiger partial charge in [0, 0.05) is 15.1 Å². The first kappa shape index (κ1) is 29.7. The van der Waals surface area contributed by atoms with Crippen molar-refractivity contribution in [3.63, 3.8) is 0 Å². The number of ether oxygens (including phenoxy) is 2. The van der Waals surface area contributed by atoms with Crippen LogP contribution >= 0.6 is 43.5 Å². The van der Waals surface area contributed by atoms with E-state index in [1.807, 2.05) is 44.2 Å². The number of hydrogen-bond donors (Lipinski definition) is 2. The van der Waals surface area contributed by atoms with Crippen molar-refractivity contribution in [3.8, 4) is 11.5 Å². The molecule has 3 aromatic carbocycles. The van der Waals surface area contributed by atoms with Crippen LogP contribution in [0.3, 0.4) is 0 Å². The van der Waals surface area contributed by atoms with Crippen LogP contribution in [0.1, 0.15) is 41.8 Å². The van der Waals surface area contributed by atoms with Crippen LogP contribution in [0.2, 0.25) is 5.02 Å². The number of rotatable bonds is 11. The Morgan fingerprint density at radius 2 is 1.74 bits per heavy atom. The minimum absolute atomic E-state index is 0.172. The van der Waals surface area contributed by atoms with Crippen molar-refractivity contribution in [1.29, 1.82) is 0 Å². The Morgan fingerprint density at radius 3 is 2.37 bits per heavy atom. The summed E-state index contributed by atoms with van der Waals surface area (Å²) in [4.78, 5) is 25.5. The second kappa shape index (κ2) is 14.3. The van der Waals surface area contributed by atoms with Gasteiger partial charge in [-0.25, -0.2) is 5.43 Å². The van der Waals surface area contributed by atoms with E-state index >= 15 is 0 Å². The van der Waals surface area contributed by atoms with E-state index in [1.165, 1.54) is 6.21 Å². The van der Waals surface area contributed by atoms with Crippen LogP contribution in [0.15, 0.2) is 74.7 Å². The molecule has 10 heteroatoms. The number of nitrogens with zero attached hydrogens (tertiary/aromatic N) is 1. The Bertz CT molecular complexity index is 1280. The normalized spacial score (nSPS) is 11.9. The van der Waals surface area contributed by atoms with Gasteiger partial charge in [0.05, 0.1) is 17.8 Å². The molecule has 3 rings (SSSR count). The summed E-state index contributed by atoms with van der Waals surface area (Å²) in [5.74, 6) is 0.456. The molecule has 0 aliphatic heterocycles. The SMILES string of the molecule is COc1cc(/C=N/NC(=O)C(CC(C)C)NC(=O)c2ccc(Cl)cc2)cc(Br)c1OCc1ccc(Br)cc1. The van der Waals surface area contributed by atoms with Gasteiger partial charge in [0.1, 0.15) is 12.6 Å². The number of benzene rings is 3. The minimum atomic E-state index is -0.758. The highest BCUT2D eigenvalue weighted by molar-refractivity contribution is 9.10. The zero-order valence-electron chi connectivity index (χ0n) is 21.1. The molecule has 2 N–H and O–H groups in total. The van der Waals surface area contributed by atoms with Crippen LogP contribution in [-0.4, -0.2) is 31.2 Å². The van der Waals surface area contributed by atoms with Gasteiger partial charge in [-0.1, -0.05) is 53.5 Å². The van der Waals surface area contributed by atoms with E-state index in [9.17, 15) is 9.59 Å². The molecule has 0 saturated heterocycles. The van der Waals surface area contributed by atoms with Crippen molar-refractivity contribution in [1.82, 2.24) is 10.7 Å². The third-order valence-electron chi connectivity index (χ3n) is 5.37. The van der Waals surface area contributed by atoms with Crippen molar-refractivity contribution in [2.75, 3.05) is 7.11 Å². The van der Waals surface area contributed by atoms with Crippen LogP contribution in [0.4, 0.5) is 0 Å². The Hall–Kier alpha value is -2.88. The lowest BCUT2D eigenvalue weighted by Gasteiger charge is -2.19. The first-order valence-electron chi connectivity index (χ1n) is 11.8. The maximum atomic E-state index is 12.9. The second-order valence-electron chi connectivity index (χ2n) is 8.85. The molecule has 0 radical (unpaired) electrons. The summed E-state index contributed by atoms with van der Waals surface area (Å²) < 4.78 is 13.2. The molecule has 0 aliphatic rings. The third-order valence-corrected chi connectivity index (χ3v) is 6.74. The Labute approximate surface area is 244 Å². The van der Waals surface area contributed by atoms with Gasteiger partial charge in [0.15, 0.2) is 11.5 Å². The van der Waals surface area contributed by atoms with Gasteiger partial charge in [-0.05, 0) is 87.9 Å². The Balaban J connectivity index is 1.66. The molecule has 0 heterocycles. The molecular formula is C28H28Br2ClN3O4. The smallest absolute Gasteiger partial charge is 0.262 e. The van der Waals surface area contributed by atoms with Gasteiger partial charge in [-0.3, -0.25) is 9.59 Å². The van der Waals surface area contributed by atoms with Crippen molar-refractivity contribution in [3.05, 3.63) is 91.3 Å². The lowest BCUT2D eigenvalue weighted by Crippen LogP contribution is -2.46. The molecule has 0 aromatic heterocycles. The first-order chi connectivity index (χ1) is 18.2. The molecule has 0 spiro atoms. The number of halogens is 3. The predicted molar refractivity (Wildman–Crippen MR) is 157 cm³/mol. The Kier molecular flexibility index (Phi) is 11.2. The van der Waals surface area contributed by atoms with E-state index < -0.39 is 11.9 Å². The van der Waals surface area contributed by atoms with E-state index in [1.54, 1.807) is 37.4 Å². The maximum Gasteiger partial charge on any atom is 0.262 e. The number of amides is 2. The molecule has 1 unspecified atom stereocenters. The van der Waals surface area contributed by atoms with Crippen molar-refractivity contribution in [2.24, 2.45) is 11.0 Å². The monoisotopic (exact) mass is 663 g/mol. The zero-order chi connectivity index (χ0) is 27.7. The molecule has 200 valence electrons. The van der Waals surface area contributed by atoms with E-state index in [0.717, 1.165) is 10.0 Å². The second-order valence-corrected chi connectivity index (χ2v) is 11.1. The van der Waals surface area contributed by atoms with Crippen molar-refractivity contribution < 1.29 is 19.1 Å². The van der Waals surface area contributed by atoms with E-state index in [0.29, 0.717) is 45.1 Å². The largest absolute Gasteiger partial charge is 0.493 e. The maximum absolute atomic E-state index is 12.9. The van der Waals surface area contributed by atoms with Crippen LogP contribution in [0.25, 0.3) is 0 Å². The van der Waals surface area contributed by atoms with Gasteiger partial charge in [-0.15, -0.1) is 0 Å². The van der Waals surface area contributed by atoms with Gasteiger partial charge in [-0.2, -0.15) is 5.10 Å². The van der Waals surface area contributed by atoms with Gasteiger partial charge in [0.2, 0.25) is 0 Å². The molecule has 0 saturated carbocycles. The minimum Gasteiger partial charge on any atom is -0.493 e. The molecule has 7 nitrogen and oxygen atoms in total. The fourth-order valence-corrected chi connectivity index (χ4v) is 4.45. The number of carbonyl (C=O) groups excluding carboxylic acids is 2. The summed E-state index contributed by atoms with van der Waals surface area (Å²) in [5, 5.41) is 7.41. The number of carbonyl (C=O) groups is 2. The van der Waals surface area contributed by atoms with Crippen LogP contribution in [-0.2, 0) is 11.4 Å². The first-order valence-corrected chi connectivity index (χ1v) is 13.8. The molecule has 0 fully saturated rings. The van der Waals surface area contributed by atoms with Gasteiger partial charge in [0.25, 0.3) is 11.8 Å². The standard InChI is InChI=1S/C28H28Br2ClN3O4/c1-17(2)12-24(33-27(35)20-6-10-22(31)11-7-20)28(36)34-32-15-19-13-23(30)26(25(14-19)37-3)38-16-18-4-8-21(29)9-5-18/h4-11,13-15,17,24H,12,16H2,1-3H3,(H,33,35)(H,34,36)/b32-15+. The molecule has 0 bridgehead atoms. The quantitative estimate of drug-likeness (QED) is 0.175. The summed E-state index contributed by atoms with van der Waals surface area (Å²) in [6, 6.07) is 17.1. The topological polar surface area (TPSA) is 89.0 Å². The van der Waals surface area contributed by atoms with Crippen LogP contribution in [0.5, 0.6) is 11.5 Å². The van der Waals surface area contributed by atoms with Gasteiger partial charge < -0.3 is 14.8 Å². The summed E-state index contributed by atoms with van der Waals surface area (Å²) in [7, 11) is 1.55. The highest BCUT2D eigenvalue weighted by Crippen LogP contribution is 2.37. The van der Waals surface area contributed by atoms with E-state index in [4.69, 9.17) is 21.1 Å². The number of hydrogen-bond acceptors (Lipinski definition) is 5. The average molecular weight is 666 g/mol. The molecular weight excluding hydrogens is 638 g/mol. The highest BCUT2D eigenvalue weighted by atomic mass is 79.9. The van der Waals surface area contributed by atoms with Crippen molar-refractivity contribution >= 4 is 61.5 Å². The lowest BCUT2D eigenvalue weighted by molar-refractivity contribution is -0.123. The van der Waals surface area contributed by atoms with Crippen molar-refractivity contribution in [2.45, 2.75) is 32.9 Å². The fourth-order valence-electron chi connectivity index (χ4n) is 3.48. The van der Waals surface area contributed by atoms with E-state index in [-0.39, 0.29) is 11.8 Å². The number of methoxy groups -OCH3 is 1. The Morgan fingerprint density at radius 1 is 1.05 bits per heavy atom. The average Bonchev–Trinajstić information content (AvgIpc) is 2.88. The number of nitrogens with one attached hydrogen (secondary N) is 2. The molecule has 3 aromatic rings. The lowest BCUT2D eigenvalue weighted by atomic mass is 10.0. The summed E-state index contributed by atoms with van der Waals surface area (Å²) in [5.41, 5.74) is 4.63. The molecule has 0 aliphatic carbocycles. The van der Waals surface area contributed by atoms with Crippen LogP contribution in [0, 0.1) is 5.92 Å². The fraction of sp³-hybridized carbons (Fsp3) is 0.250. The van der Waals surface area contributed by atoms with Gasteiger partial charge >= 0.3 is 0 Å². The summed E-state index contributed by atoms with van der Waals surface area (Å²) in [6.45, 7) is 4.31. The molecule has 38 heavy (non-hydrogen) atoms. The van der Waals surface area contributed by atoms with Crippen LogP contribution < -0.4 is 20.2 Å².